The Labute approximate surface area is 227 Å². The van der Waals surface area contributed by atoms with Gasteiger partial charge in [-0.25, -0.2) is 9.67 Å². The van der Waals surface area contributed by atoms with Gasteiger partial charge in [-0.2, -0.15) is 10.4 Å². The molecule has 5 aliphatic carbocycles. The fraction of sp³-hybridized carbons (Fsp3) is 0.781. The molecule has 1 aromatic heterocycles. The molecule has 6 heteroatoms. The van der Waals surface area contributed by atoms with Gasteiger partial charge in [-0.05, 0) is 90.9 Å². The van der Waals surface area contributed by atoms with E-state index in [1.807, 2.05) is 26.3 Å². The minimum atomic E-state index is -0.611. The molecule has 4 fully saturated rings. The highest BCUT2D eigenvalue weighted by Crippen LogP contribution is 2.74. The van der Waals surface area contributed by atoms with Crippen LogP contribution in [0.25, 0.3) is 0 Å². The van der Waals surface area contributed by atoms with Crippen LogP contribution in [0.2, 0.25) is 0 Å². The minimum Gasteiger partial charge on any atom is -0.298 e. The highest BCUT2D eigenvalue weighted by Gasteiger charge is 2.71. The lowest BCUT2D eigenvalue weighted by Gasteiger charge is -2.69. The molecule has 5 aliphatic rings. The van der Waals surface area contributed by atoms with Crippen molar-refractivity contribution in [2.75, 3.05) is 0 Å². The van der Waals surface area contributed by atoms with Gasteiger partial charge in [0.2, 0.25) is 0 Å². The molecule has 1 unspecified atom stereocenters. The second-order valence-electron chi connectivity index (χ2n) is 15.6. The number of carbonyl (C=O) groups is 2. The molecule has 0 aromatic carbocycles. The number of fused-ring (bicyclic) bond motifs is 7. The zero-order chi connectivity index (χ0) is 27.5. The predicted molar refractivity (Wildman–Crippen MR) is 144 cm³/mol. The molecule has 6 nitrogen and oxygen atoms in total. The van der Waals surface area contributed by atoms with Gasteiger partial charge in [0, 0.05) is 11.3 Å². The largest absolute Gasteiger partial charge is 0.298 e. The van der Waals surface area contributed by atoms with Gasteiger partial charge < -0.3 is 0 Å². The number of carbonyl (C=O) groups excluding carboxylic acids is 2. The van der Waals surface area contributed by atoms with Gasteiger partial charge in [-0.15, -0.1) is 0 Å². The van der Waals surface area contributed by atoms with E-state index in [9.17, 15) is 14.9 Å². The summed E-state index contributed by atoms with van der Waals surface area (Å²) in [6.45, 7) is 15.9. The third kappa shape index (κ3) is 3.00. The number of ketones is 2. The zero-order valence-corrected chi connectivity index (χ0v) is 24.3. The molecule has 1 aromatic rings. The maximum atomic E-state index is 14.5. The molecule has 38 heavy (non-hydrogen) atoms. The summed E-state index contributed by atoms with van der Waals surface area (Å²) in [6.07, 6.45) is 13.2. The standard InChI is InChI=1S/C32H44N4O2/c1-27(2)10-12-32(36-19-34-18-35-36)13-11-31(7)25(21(32)16-27)22(37)14-24-29(5)15-20(17-33)26(38)28(3,4)23(29)8-9-30(24,31)6/h14,18-21,23,25H,8-13,15-16H2,1-7H3/t20?,21-,23-,25-,29-,30+,31+,32-/m0/s1. The van der Waals surface area contributed by atoms with E-state index in [1.165, 1.54) is 5.57 Å². The summed E-state index contributed by atoms with van der Waals surface area (Å²) in [5.41, 5.74) is 0.00467. The van der Waals surface area contributed by atoms with Crippen LogP contribution in [0.5, 0.6) is 0 Å². The average molecular weight is 517 g/mol. The summed E-state index contributed by atoms with van der Waals surface area (Å²) in [7, 11) is 0. The second-order valence-corrected chi connectivity index (χ2v) is 15.6. The van der Waals surface area contributed by atoms with E-state index in [4.69, 9.17) is 0 Å². The van der Waals surface area contributed by atoms with Crippen molar-refractivity contribution in [2.24, 2.45) is 50.7 Å². The minimum absolute atomic E-state index is 0.0704. The summed E-state index contributed by atoms with van der Waals surface area (Å²) in [4.78, 5) is 32.2. The van der Waals surface area contributed by atoms with Gasteiger partial charge in [0.1, 0.15) is 18.6 Å². The van der Waals surface area contributed by atoms with Crippen LogP contribution in [0, 0.1) is 62.1 Å². The Hall–Kier alpha value is -2.29. The topological polar surface area (TPSA) is 88.6 Å². The normalized spacial score (nSPS) is 47.1. The van der Waals surface area contributed by atoms with Crippen LogP contribution in [-0.2, 0) is 15.1 Å². The first-order valence-corrected chi connectivity index (χ1v) is 14.7. The molecule has 0 N–H and O–H groups in total. The van der Waals surface area contributed by atoms with Crippen LogP contribution in [0.15, 0.2) is 24.3 Å². The molecule has 0 saturated heterocycles. The van der Waals surface area contributed by atoms with E-state index in [2.05, 4.69) is 55.5 Å². The van der Waals surface area contributed by atoms with Crippen molar-refractivity contribution >= 4 is 11.6 Å². The first-order valence-electron chi connectivity index (χ1n) is 14.7. The maximum Gasteiger partial charge on any atom is 0.159 e. The average Bonchev–Trinajstić information content (AvgIpc) is 3.38. The van der Waals surface area contributed by atoms with Crippen LogP contribution in [0.3, 0.4) is 0 Å². The van der Waals surface area contributed by atoms with Crippen LogP contribution < -0.4 is 0 Å². The third-order valence-corrected chi connectivity index (χ3v) is 13.1. The Balaban J connectivity index is 1.51. The molecule has 0 radical (unpaired) electrons. The Morgan fingerprint density at radius 3 is 2.34 bits per heavy atom. The SMILES string of the molecule is CC1(C)CC[C@]2(n3cncn3)CC[C@]3(C)[C@H](C(=O)C=C4[C@@]5(C)CC(C#N)C(=O)C(C)(C)[C@@H]5CC[C@]43C)[C@@H]2C1. The smallest absolute Gasteiger partial charge is 0.159 e. The molecule has 4 saturated carbocycles. The molecule has 0 aliphatic heterocycles. The van der Waals surface area contributed by atoms with Crippen molar-refractivity contribution in [2.45, 2.75) is 105 Å². The van der Waals surface area contributed by atoms with Crippen molar-refractivity contribution in [3.8, 4) is 6.07 Å². The van der Waals surface area contributed by atoms with E-state index in [-0.39, 0.29) is 56.5 Å². The fourth-order valence-electron chi connectivity index (χ4n) is 10.9. The van der Waals surface area contributed by atoms with Gasteiger partial charge in [-0.3, -0.25) is 9.59 Å². The number of nitriles is 1. The summed E-state index contributed by atoms with van der Waals surface area (Å²) in [5, 5.41) is 14.6. The van der Waals surface area contributed by atoms with Crippen molar-refractivity contribution in [1.29, 1.82) is 5.26 Å². The van der Waals surface area contributed by atoms with Crippen LogP contribution in [0.4, 0.5) is 0 Å². The van der Waals surface area contributed by atoms with Gasteiger partial charge in [-0.1, -0.05) is 54.0 Å². The molecular weight excluding hydrogens is 472 g/mol. The highest BCUT2D eigenvalue weighted by atomic mass is 16.1. The third-order valence-electron chi connectivity index (χ3n) is 13.1. The molecule has 6 rings (SSSR count). The lowest BCUT2D eigenvalue weighted by Crippen LogP contribution is -2.67. The maximum absolute atomic E-state index is 14.5. The van der Waals surface area contributed by atoms with Gasteiger partial charge >= 0.3 is 0 Å². The second kappa shape index (κ2) is 7.67. The molecule has 0 bridgehead atoms. The molecular formula is C32H44N4O2. The summed E-state index contributed by atoms with van der Waals surface area (Å²) >= 11 is 0. The quantitative estimate of drug-likeness (QED) is 0.438. The highest BCUT2D eigenvalue weighted by molar-refractivity contribution is 5.96. The number of rotatable bonds is 1. The van der Waals surface area contributed by atoms with Crippen LogP contribution in [0.1, 0.15) is 99.8 Å². The number of hydrogen-bond acceptors (Lipinski definition) is 5. The van der Waals surface area contributed by atoms with Crippen molar-refractivity contribution in [1.82, 2.24) is 14.8 Å². The lowest BCUT2D eigenvalue weighted by molar-refractivity contribution is -0.175. The van der Waals surface area contributed by atoms with E-state index in [0.717, 1.165) is 44.9 Å². The van der Waals surface area contributed by atoms with E-state index < -0.39 is 11.3 Å². The first-order chi connectivity index (χ1) is 17.7. The van der Waals surface area contributed by atoms with Crippen molar-refractivity contribution < 1.29 is 9.59 Å². The Morgan fingerprint density at radius 2 is 1.68 bits per heavy atom. The number of Topliss-reactive ketones (excluding diaryl/α,β-unsaturated/α-hetero) is 1. The summed E-state index contributed by atoms with van der Waals surface area (Å²) in [5.74, 6) is 0.00972. The molecule has 204 valence electrons. The van der Waals surface area contributed by atoms with E-state index in [0.29, 0.717) is 6.42 Å². The summed E-state index contributed by atoms with van der Waals surface area (Å²) in [6, 6.07) is 2.34. The molecule has 1 heterocycles. The number of hydrogen-bond donors (Lipinski definition) is 0. The van der Waals surface area contributed by atoms with Gasteiger partial charge in [0.05, 0.1) is 11.6 Å². The van der Waals surface area contributed by atoms with Crippen LogP contribution in [-0.4, -0.2) is 26.3 Å². The zero-order valence-electron chi connectivity index (χ0n) is 24.3. The Morgan fingerprint density at radius 1 is 0.974 bits per heavy atom. The molecule has 0 spiro atoms. The fourth-order valence-corrected chi connectivity index (χ4v) is 10.9. The van der Waals surface area contributed by atoms with Gasteiger partial charge in [0.15, 0.2) is 11.6 Å². The molecule has 8 atom stereocenters. The predicted octanol–water partition coefficient (Wildman–Crippen LogP) is 6.29. The van der Waals surface area contributed by atoms with Crippen molar-refractivity contribution in [3.63, 3.8) is 0 Å². The van der Waals surface area contributed by atoms with Crippen LogP contribution >= 0.6 is 0 Å². The number of allylic oxidation sites excluding steroid dienone is 2. The Kier molecular flexibility index (Phi) is 5.24. The van der Waals surface area contributed by atoms with Gasteiger partial charge in [0.25, 0.3) is 0 Å². The van der Waals surface area contributed by atoms with Crippen molar-refractivity contribution in [3.05, 3.63) is 24.3 Å². The number of aromatic nitrogens is 3. The van der Waals surface area contributed by atoms with E-state index >= 15 is 0 Å². The lowest BCUT2D eigenvalue weighted by atomic mass is 9.34. The van der Waals surface area contributed by atoms with E-state index in [1.54, 1.807) is 6.33 Å². The number of nitrogens with zero attached hydrogens (tertiary/aromatic N) is 4. The summed E-state index contributed by atoms with van der Waals surface area (Å²) < 4.78 is 2.10. The first kappa shape index (κ1) is 26.0. The monoisotopic (exact) mass is 516 g/mol. The molecule has 0 amide bonds. The Bertz CT molecular complexity index is 1270.